The quantitative estimate of drug-likeness (QED) is 0.839. The lowest BCUT2D eigenvalue weighted by Crippen LogP contribution is -2.37. The Morgan fingerprint density at radius 1 is 1.50 bits per heavy atom. The van der Waals surface area contributed by atoms with E-state index in [-0.39, 0.29) is 37.0 Å². The van der Waals surface area contributed by atoms with Crippen molar-refractivity contribution in [2.24, 2.45) is 5.92 Å². The number of alkyl halides is 3. The maximum Gasteiger partial charge on any atom is 0.393 e. The molecular formula is C13H18F3N3O. The zero-order valence-electron chi connectivity index (χ0n) is 11.7. The number of amides is 1. The van der Waals surface area contributed by atoms with Crippen LogP contribution in [0.15, 0.2) is 6.20 Å². The number of aryl methyl sites for hydroxylation is 1. The first-order valence-corrected chi connectivity index (χ1v) is 6.60. The maximum atomic E-state index is 12.8. The van der Waals surface area contributed by atoms with E-state index in [9.17, 15) is 18.0 Å². The SMILES string of the molecule is CC(C)N(C)C(=O)c1cnc2n1C[C@@H](C(F)(F)F)CC2. The van der Waals surface area contributed by atoms with Crippen molar-refractivity contribution >= 4 is 5.91 Å². The number of rotatable bonds is 2. The van der Waals surface area contributed by atoms with E-state index in [4.69, 9.17) is 0 Å². The lowest BCUT2D eigenvalue weighted by Gasteiger charge is -2.28. The van der Waals surface area contributed by atoms with Crippen molar-refractivity contribution in [2.45, 2.75) is 45.5 Å². The Balaban J connectivity index is 2.28. The van der Waals surface area contributed by atoms with Gasteiger partial charge in [0.05, 0.1) is 12.1 Å². The summed E-state index contributed by atoms with van der Waals surface area (Å²) in [7, 11) is 1.64. The molecule has 0 unspecified atom stereocenters. The first kappa shape index (κ1) is 14.9. The maximum absolute atomic E-state index is 12.8. The van der Waals surface area contributed by atoms with Crippen LogP contribution in [0, 0.1) is 5.92 Å². The van der Waals surface area contributed by atoms with Gasteiger partial charge in [-0.3, -0.25) is 4.79 Å². The summed E-state index contributed by atoms with van der Waals surface area (Å²) in [5.41, 5.74) is 0.241. The van der Waals surface area contributed by atoms with E-state index >= 15 is 0 Å². The van der Waals surface area contributed by atoms with Crippen LogP contribution >= 0.6 is 0 Å². The molecule has 2 rings (SSSR count). The molecule has 1 aliphatic rings. The smallest absolute Gasteiger partial charge is 0.338 e. The number of aromatic nitrogens is 2. The van der Waals surface area contributed by atoms with Crippen molar-refractivity contribution < 1.29 is 18.0 Å². The average Bonchev–Trinajstić information content (AvgIpc) is 2.78. The highest BCUT2D eigenvalue weighted by Gasteiger charge is 2.42. The molecule has 0 N–H and O–H groups in total. The minimum absolute atomic E-state index is 0.0179. The Kier molecular flexibility index (Phi) is 3.80. The molecule has 0 saturated heterocycles. The van der Waals surface area contributed by atoms with Gasteiger partial charge in [-0.2, -0.15) is 13.2 Å². The topological polar surface area (TPSA) is 38.1 Å². The first-order valence-electron chi connectivity index (χ1n) is 6.60. The van der Waals surface area contributed by atoms with Crippen molar-refractivity contribution in [1.82, 2.24) is 14.5 Å². The summed E-state index contributed by atoms with van der Waals surface area (Å²) in [6.45, 7) is 3.49. The van der Waals surface area contributed by atoms with Gasteiger partial charge in [-0.05, 0) is 20.3 Å². The molecule has 0 bridgehead atoms. The van der Waals surface area contributed by atoms with Crippen LogP contribution in [0.4, 0.5) is 13.2 Å². The Hall–Kier alpha value is -1.53. The molecule has 1 atom stereocenters. The fourth-order valence-electron chi connectivity index (χ4n) is 2.29. The number of carbonyl (C=O) groups is 1. The monoisotopic (exact) mass is 289 g/mol. The predicted octanol–water partition coefficient (Wildman–Crippen LogP) is 2.49. The lowest BCUT2D eigenvalue weighted by atomic mass is 9.99. The van der Waals surface area contributed by atoms with Gasteiger partial charge in [0, 0.05) is 26.1 Å². The average molecular weight is 289 g/mol. The number of fused-ring (bicyclic) bond motifs is 1. The molecule has 20 heavy (non-hydrogen) atoms. The summed E-state index contributed by atoms with van der Waals surface area (Å²) in [6, 6.07) is -0.0179. The van der Waals surface area contributed by atoms with Gasteiger partial charge < -0.3 is 9.47 Å². The Morgan fingerprint density at radius 2 is 2.15 bits per heavy atom. The summed E-state index contributed by atoms with van der Waals surface area (Å²) in [6.07, 6.45) is -2.56. The fraction of sp³-hybridized carbons (Fsp3) is 0.692. The summed E-state index contributed by atoms with van der Waals surface area (Å²) < 4.78 is 39.9. The highest BCUT2D eigenvalue weighted by molar-refractivity contribution is 5.92. The van der Waals surface area contributed by atoms with E-state index in [1.54, 1.807) is 7.05 Å². The molecule has 1 amide bonds. The van der Waals surface area contributed by atoms with Crippen LogP contribution < -0.4 is 0 Å². The minimum Gasteiger partial charge on any atom is -0.338 e. The third-order valence-electron chi connectivity index (χ3n) is 3.83. The third kappa shape index (κ3) is 2.66. The molecule has 0 spiro atoms. The van der Waals surface area contributed by atoms with Crippen LogP contribution in [0.1, 0.15) is 36.6 Å². The molecule has 2 heterocycles. The Morgan fingerprint density at radius 3 is 2.70 bits per heavy atom. The zero-order chi connectivity index (χ0) is 15.1. The molecule has 1 aliphatic heterocycles. The van der Waals surface area contributed by atoms with E-state index < -0.39 is 12.1 Å². The van der Waals surface area contributed by atoms with Crippen LogP contribution in [0.5, 0.6) is 0 Å². The number of halogens is 3. The molecule has 0 radical (unpaired) electrons. The van der Waals surface area contributed by atoms with Gasteiger partial charge in [0.25, 0.3) is 5.91 Å². The van der Waals surface area contributed by atoms with Crippen molar-refractivity contribution in [2.75, 3.05) is 7.05 Å². The Labute approximate surface area is 115 Å². The molecule has 1 aromatic rings. The van der Waals surface area contributed by atoms with Gasteiger partial charge in [-0.25, -0.2) is 4.98 Å². The highest BCUT2D eigenvalue weighted by atomic mass is 19.4. The van der Waals surface area contributed by atoms with Gasteiger partial charge in [0.15, 0.2) is 0 Å². The van der Waals surface area contributed by atoms with E-state index in [1.807, 2.05) is 13.8 Å². The van der Waals surface area contributed by atoms with E-state index in [1.165, 1.54) is 15.7 Å². The van der Waals surface area contributed by atoms with E-state index in [0.29, 0.717) is 5.82 Å². The number of hydrogen-bond donors (Lipinski definition) is 0. The molecular weight excluding hydrogens is 271 g/mol. The number of nitrogens with zero attached hydrogens (tertiary/aromatic N) is 3. The van der Waals surface area contributed by atoms with Crippen LogP contribution in [-0.4, -0.2) is 39.6 Å². The largest absolute Gasteiger partial charge is 0.393 e. The summed E-state index contributed by atoms with van der Waals surface area (Å²) in [5.74, 6) is -1.13. The second-order valence-corrected chi connectivity index (χ2v) is 5.46. The van der Waals surface area contributed by atoms with Crippen molar-refractivity contribution in [1.29, 1.82) is 0 Å². The van der Waals surface area contributed by atoms with Crippen molar-refractivity contribution in [3.05, 3.63) is 17.7 Å². The standard InChI is InChI=1S/C13H18F3N3O/c1-8(2)18(3)12(20)10-6-17-11-5-4-9(7-19(10)11)13(14,15)16/h6,8-9H,4-5,7H2,1-3H3/t9-/m0/s1. The second kappa shape index (κ2) is 5.10. The van der Waals surface area contributed by atoms with Crippen LogP contribution in [-0.2, 0) is 13.0 Å². The van der Waals surface area contributed by atoms with Crippen molar-refractivity contribution in [3.63, 3.8) is 0 Å². The zero-order valence-corrected chi connectivity index (χ0v) is 11.7. The number of carbonyl (C=O) groups excluding carboxylic acids is 1. The normalized spacial score (nSPS) is 19.1. The van der Waals surface area contributed by atoms with Crippen molar-refractivity contribution in [3.8, 4) is 0 Å². The third-order valence-corrected chi connectivity index (χ3v) is 3.83. The molecule has 0 aromatic carbocycles. The molecule has 7 heteroatoms. The Bertz CT molecular complexity index is 507. The summed E-state index contributed by atoms with van der Waals surface area (Å²) in [5, 5.41) is 0. The van der Waals surface area contributed by atoms with Crippen LogP contribution in [0.2, 0.25) is 0 Å². The first-order chi connectivity index (χ1) is 9.21. The van der Waals surface area contributed by atoms with Gasteiger partial charge in [0.2, 0.25) is 0 Å². The molecule has 0 aliphatic carbocycles. The van der Waals surface area contributed by atoms with Gasteiger partial charge in [0.1, 0.15) is 11.5 Å². The number of hydrogen-bond acceptors (Lipinski definition) is 2. The lowest BCUT2D eigenvalue weighted by molar-refractivity contribution is -0.182. The van der Waals surface area contributed by atoms with Gasteiger partial charge in [-0.15, -0.1) is 0 Å². The highest BCUT2D eigenvalue weighted by Crippen LogP contribution is 2.34. The minimum atomic E-state index is -4.23. The molecule has 0 saturated carbocycles. The van der Waals surface area contributed by atoms with Gasteiger partial charge >= 0.3 is 6.18 Å². The van der Waals surface area contributed by atoms with E-state index in [2.05, 4.69) is 4.98 Å². The second-order valence-electron chi connectivity index (χ2n) is 5.46. The molecule has 0 fully saturated rings. The fourth-order valence-corrected chi connectivity index (χ4v) is 2.29. The van der Waals surface area contributed by atoms with Crippen LogP contribution in [0.3, 0.4) is 0 Å². The predicted molar refractivity (Wildman–Crippen MR) is 67.3 cm³/mol. The summed E-state index contributed by atoms with van der Waals surface area (Å²) >= 11 is 0. The van der Waals surface area contributed by atoms with Gasteiger partial charge in [-0.1, -0.05) is 0 Å². The molecule has 1 aromatic heterocycles. The number of imidazole rings is 1. The molecule has 112 valence electrons. The molecule has 4 nitrogen and oxygen atoms in total. The van der Waals surface area contributed by atoms with Crippen LogP contribution in [0.25, 0.3) is 0 Å². The summed E-state index contributed by atoms with van der Waals surface area (Å²) in [4.78, 5) is 17.8. The van der Waals surface area contributed by atoms with E-state index in [0.717, 1.165) is 0 Å².